The van der Waals surface area contributed by atoms with Crippen LogP contribution in [0.1, 0.15) is 5.82 Å². The zero-order chi connectivity index (χ0) is 12.5. The Kier molecular flexibility index (Phi) is 4.62. The van der Waals surface area contributed by atoms with Crippen LogP contribution < -0.4 is 19.6 Å². The minimum Gasteiger partial charge on any atom is -0.870 e. The summed E-state index contributed by atoms with van der Waals surface area (Å²) in [5.74, 6) is 0.750. The minimum atomic E-state index is -4.63. The van der Waals surface area contributed by atoms with Gasteiger partial charge in [0.05, 0.1) is 6.07 Å². The summed E-state index contributed by atoms with van der Waals surface area (Å²) in [6.45, 7) is 1.49. The van der Waals surface area contributed by atoms with Crippen LogP contribution in [0.2, 0.25) is 0 Å². The first-order valence-corrected chi connectivity index (χ1v) is 5.61. The first-order valence-electron chi connectivity index (χ1n) is 4.24. The third-order valence-corrected chi connectivity index (χ3v) is 2.05. The number of hydrogen-bond acceptors (Lipinski definition) is 7. The smallest absolute Gasteiger partial charge is 0.476 e. The van der Waals surface area contributed by atoms with E-state index in [0.29, 0.717) is 5.82 Å². The van der Waals surface area contributed by atoms with Crippen molar-refractivity contribution in [1.29, 1.82) is 0 Å². The molecule has 10 heteroatoms. The van der Waals surface area contributed by atoms with E-state index in [-0.39, 0.29) is 17.1 Å². The van der Waals surface area contributed by atoms with Gasteiger partial charge in [0.15, 0.2) is 0 Å². The van der Waals surface area contributed by atoms with E-state index >= 15 is 0 Å². The second-order valence-corrected chi connectivity index (χ2v) is 4.28. The molecule has 9 nitrogen and oxygen atoms in total. The van der Waals surface area contributed by atoms with Crippen molar-refractivity contribution in [2.45, 2.75) is 6.92 Å². The molecule has 0 spiro atoms. The van der Waals surface area contributed by atoms with Crippen LogP contribution in [0.3, 0.4) is 0 Å². The summed E-state index contributed by atoms with van der Waals surface area (Å²) in [6.07, 6.45) is 0. The first-order chi connectivity index (χ1) is 7.20. The second kappa shape index (κ2) is 5.12. The highest BCUT2D eigenvalue weighted by atomic mass is 32.3. The molecule has 0 saturated heterocycles. The maximum Gasteiger partial charge on any atom is 0.476 e. The molecular formula is C7H14N4O5S. The van der Waals surface area contributed by atoms with Gasteiger partial charge in [0.2, 0.25) is 5.82 Å². The summed E-state index contributed by atoms with van der Waals surface area (Å²) in [6, 6.07) is 1.41. The Hall–Kier alpha value is -1.65. The third-order valence-electron chi connectivity index (χ3n) is 1.71. The molecule has 0 aliphatic rings. The normalized spacial score (nSPS) is 10.6. The van der Waals surface area contributed by atoms with E-state index in [0.717, 1.165) is 4.73 Å². The van der Waals surface area contributed by atoms with Gasteiger partial charge in [0.25, 0.3) is 11.6 Å². The van der Waals surface area contributed by atoms with Crippen LogP contribution in [0, 0.1) is 6.92 Å². The Bertz CT molecular complexity index is 478. The van der Waals surface area contributed by atoms with E-state index in [2.05, 4.69) is 9.27 Å². The van der Waals surface area contributed by atoms with Gasteiger partial charge in [-0.2, -0.15) is 8.42 Å². The molecule has 1 aromatic rings. The van der Waals surface area contributed by atoms with E-state index < -0.39 is 10.4 Å². The van der Waals surface area contributed by atoms with Gasteiger partial charge in [-0.3, -0.25) is 4.55 Å². The molecule has 98 valence electrons. The van der Waals surface area contributed by atoms with Crippen LogP contribution in [0.5, 0.6) is 0 Å². The van der Waals surface area contributed by atoms with Gasteiger partial charge in [-0.15, -0.1) is 0 Å². The van der Waals surface area contributed by atoms with Crippen molar-refractivity contribution in [3.05, 3.63) is 11.9 Å². The van der Waals surface area contributed by atoms with Gasteiger partial charge in [-0.25, -0.2) is 4.28 Å². The average Bonchev–Trinajstić information content (AvgIpc) is 2.09. The molecular weight excluding hydrogens is 252 g/mol. The molecule has 0 aromatic carbocycles. The summed E-state index contributed by atoms with van der Waals surface area (Å²) in [5.41, 5.74) is 5.56. The predicted octanol–water partition coefficient (Wildman–Crippen LogP) is -1.62. The zero-order valence-corrected chi connectivity index (χ0v) is 10.3. The fraction of sp³-hybridized carbons (Fsp3) is 0.429. The van der Waals surface area contributed by atoms with Gasteiger partial charge < -0.3 is 16.1 Å². The molecule has 0 radical (unpaired) electrons. The van der Waals surface area contributed by atoms with Crippen molar-refractivity contribution in [3.8, 4) is 0 Å². The van der Waals surface area contributed by atoms with Crippen LogP contribution >= 0.6 is 0 Å². The Labute approximate surface area is 98.7 Å². The molecule has 0 unspecified atom stereocenters. The minimum absolute atomic E-state index is 0. The molecule has 17 heavy (non-hydrogen) atoms. The number of aromatic nitrogens is 2. The van der Waals surface area contributed by atoms with Crippen LogP contribution in [0.4, 0.5) is 11.6 Å². The highest BCUT2D eigenvalue weighted by Gasteiger charge is 2.20. The van der Waals surface area contributed by atoms with Crippen LogP contribution in [0.25, 0.3) is 0 Å². The number of nitrogens with zero attached hydrogens (tertiary/aromatic N) is 3. The van der Waals surface area contributed by atoms with Crippen molar-refractivity contribution in [1.82, 2.24) is 4.98 Å². The largest absolute Gasteiger partial charge is 0.870 e. The summed E-state index contributed by atoms with van der Waals surface area (Å²) < 4.78 is 34.6. The zero-order valence-electron chi connectivity index (χ0n) is 9.52. The molecule has 0 fully saturated rings. The molecule has 0 atom stereocenters. The van der Waals surface area contributed by atoms with E-state index in [4.69, 9.17) is 10.3 Å². The van der Waals surface area contributed by atoms with Gasteiger partial charge in [-0.05, 0) is 4.73 Å². The Morgan fingerprint density at radius 2 is 2.06 bits per heavy atom. The van der Waals surface area contributed by atoms with Crippen molar-refractivity contribution in [2.24, 2.45) is 0 Å². The number of rotatable bonds is 3. The van der Waals surface area contributed by atoms with E-state index in [9.17, 15) is 8.42 Å². The van der Waals surface area contributed by atoms with E-state index in [1.54, 1.807) is 19.0 Å². The molecule has 1 rings (SSSR count). The standard InChI is InChI=1S/C7H12N4O4S.H2O/c1-5-9-7(10(2)3)4-6(8)11(5)15-16(12,13)14;/h4,8H,1-3H3,(H,12,13,14);1H2. The van der Waals surface area contributed by atoms with E-state index in [1.165, 1.54) is 13.0 Å². The molecule has 0 saturated carbocycles. The first kappa shape index (κ1) is 15.3. The fourth-order valence-electron chi connectivity index (χ4n) is 1.04. The SMILES string of the molecule is Cc1nc(N(C)C)cc(N)[n+]1OS(=O)(=O)O.[OH-]. The van der Waals surface area contributed by atoms with Gasteiger partial charge in [0, 0.05) is 21.0 Å². The topological polar surface area (TPSA) is 140 Å². The maximum atomic E-state index is 10.5. The summed E-state index contributed by atoms with van der Waals surface area (Å²) in [7, 11) is -1.11. The molecule has 1 heterocycles. The number of nitrogens with two attached hydrogens (primary N) is 1. The number of nitrogen functional groups attached to an aromatic ring is 1. The van der Waals surface area contributed by atoms with Crippen molar-refractivity contribution in [2.75, 3.05) is 24.7 Å². The highest BCUT2D eigenvalue weighted by Crippen LogP contribution is 2.08. The summed E-state index contributed by atoms with van der Waals surface area (Å²) >= 11 is 0. The van der Waals surface area contributed by atoms with Crippen LogP contribution in [0.15, 0.2) is 6.07 Å². The van der Waals surface area contributed by atoms with Gasteiger partial charge in [0.1, 0.15) is 0 Å². The lowest BCUT2D eigenvalue weighted by atomic mass is 10.5. The maximum absolute atomic E-state index is 10.5. The third kappa shape index (κ3) is 4.01. The van der Waals surface area contributed by atoms with Crippen molar-refractivity contribution < 1.29 is 27.5 Å². The molecule has 0 amide bonds. The van der Waals surface area contributed by atoms with Crippen LogP contribution in [-0.4, -0.2) is 37.5 Å². The predicted molar refractivity (Wildman–Crippen MR) is 58.0 cm³/mol. The Morgan fingerprint density at radius 3 is 2.41 bits per heavy atom. The highest BCUT2D eigenvalue weighted by molar-refractivity contribution is 7.80. The Morgan fingerprint density at radius 1 is 1.53 bits per heavy atom. The number of anilines is 2. The number of hydrogen-bond donors (Lipinski definition) is 2. The molecule has 0 aliphatic carbocycles. The monoisotopic (exact) mass is 266 g/mol. The Balaban J connectivity index is 0.00000256. The van der Waals surface area contributed by atoms with Crippen LogP contribution in [-0.2, 0) is 10.4 Å². The molecule has 0 aliphatic heterocycles. The second-order valence-electron chi connectivity index (χ2n) is 3.28. The van der Waals surface area contributed by atoms with Crippen molar-refractivity contribution in [3.63, 3.8) is 0 Å². The lowest BCUT2D eigenvalue weighted by Gasteiger charge is -2.10. The molecule has 1 aromatic heterocycles. The lowest BCUT2D eigenvalue weighted by molar-refractivity contribution is -0.852. The fourth-order valence-corrected chi connectivity index (χ4v) is 1.42. The quantitative estimate of drug-likeness (QED) is 0.491. The molecule has 4 N–H and O–H groups in total. The average molecular weight is 266 g/mol. The number of aryl methyl sites for hydroxylation is 1. The van der Waals surface area contributed by atoms with Crippen molar-refractivity contribution >= 4 is 22.0 Å². The summed E-state index contributed by atoms with van der Waals surface area (Å²) in [5, 5.41) is 0. The van der Waals surface area contributed by atoms with Gasteiger partial charge >= 0.3 is 10.4 Å². The van der Waals surface area contributed by atoms with E-state index in [1.807, 2.05) is 0 Å². The van der Waals surface area contributed by atoms with Gasteiger partial charge in [-0.1, -0.05) is 4.98 Å². The summed E-state index contributed by atoms with van der Waals surface area (Å²) in [4.78, 5) is 5.72. The lowest BCUT2D eigenvalue weighted by Crippen LogP contribution is -2.51. The molecule has 0 bridgehead atoms.